The first-order chi connectivity index (χ1) is 14.9. The molecule has 2 aromatic rings. The number of nitrogens with zero attached hydrogens (tertiary/aromatic N) is 2. The Morgan fingerprint density at radius 2 is 2.19 bits per heavy atom. The molecule has 0 saturated carbocycles. The molecule has 1 aromatic heterocycles. The SMILES string of the molecule is C=CCN(CC(=O)N1CCc2sccc2[C@H]1COc1ccc(Cl)c(C)c1)C(=O)COC. The molecule has 8 heteroatoms. The fourth-order valence-electron chi connectivity index (χ4n) is 3.64. The molecule has 0 unspecified atom stereocenters. The zero-order valence-corrected chi connectivity index (χ0v) is 19.4. The van der Waals surface area contributed by atoms with Crippen molar-refractivity contribution in [2.75, 3.05) is 40.0 Å². The van der Waals surface area contributed by atoms with Gasteiger partial charge in [-0.25, -0.2) is 0 Å². The molecule has 1 aliphatic rings. The van der Waals surface area contributed by atoms with E-state index in [-0.39, 0.29) is 37.6 Å². The summed E-state index contributed by atoms with van der Waals surface area (Å²) in [6.45, 7) is 6.71. The molecule has 2 amide bonds. The van der Waals surface area contributed by atoms with E-state index in [9.17, 15) is 9.59 Å². The summed E-state index contributed by atoms with van der Waals surface area (Å²) in [5.41, 5.74) is 2.04. The molecular formula is C23H27ClN2O4S. The van der Waals surface area contributed by atoms with Gasteiger partial charge in [-0.1, -0.05) is 17.7 Å². The molecule has 31 heavy (non-hydrogen) atoms. The molecule has 166 valence electrons. The lowest BCUT2D eigenvalue weighted by atomic mass is 10.0. The first kappa shape index (κ1) is 23.3. The fraction of sp³-hybridized carbons (Fsp3) is 0.391. The Balaban J connectivity index is 1.77. The number of hydrogen-bond acceptors (Lipinski definition) is 5. The second-order valence-corrected chi connectivity index (χ2v) is 8.78. The number of halogens is 1. The Labute approximate surface area is 192 Å². The van der Waals surface area contributed by atoms with Crippen LogP contribution in [0.1, 0.15) is 22.0 Å². The topological polar surface area (TPSA) is 59.1 Å². The van der Waals surface area contributed by atoms with E-state index in [2.05, 4.69) is 12.6 Å². The van der Waals surface area contributed by atoms with Gasteiger partial charge in [0.1, 0.15) is 25.5 Å². The number of hydrogen-bond donors (Lipinski definition) is 0. The number of thiophene rings is 1. The van der Waals surface area contributed by atoms with Gasteiger partial charge in [0.2, 0.25) is 11.8 Å². The minimum atomic E-state index is -0.242. The van der Waals surface area contributed by atoms with Crippen molar-refractivity contribution < 1.29 is 19.1 Å². The van der Waals surface area contributed by atoms with E-state index in [0.29, 0.717) is 23.9 Å². The molecule has 0 fully saturated rings. The average Bonchev–Trinajstić information content (AvgIpc) is 3.23. The highest BCUT2D eigenvalue weighted by molar-refractivity contribution is 7.10. The summed E-state index contributed by atoms with van der Waals surface area (Å²) in [6, 6.07) is 7.36. The molecule has 1 aliphatic heterocycles. The van der Waals surface area contributed by atoms with Crippen molar-refractivity contribution in [2.24, 2.45) is 0 Å². The van der Waals surface area contributed by atoms with E-state index in [1.54, 1.807) is 23.5 Å². The summed E-state index contributed by atoms with van der Waals surface area (Å²) in [4.78, 5) is 30.1. The van der Waals surface area contributed by atoms with Crippen molar-refractivity contribution in [3.63, 3.8) is 0 Å². The van der Waals surface area contributed by atoms with E-state index in [4.69, 9.17) is 21.1 Å². The number of carbonyl (C=O) groups is 2. The molecule has 0 radical (unpaired) electrons. The van der Waals surface area contributed by atoms with Gasteiger partial charge >= 0.3 is 0 Å². The molecule has 2 heterocycles. The van der Waals surface area contributed by atoms with Crippen molar-refractivity contribution in [3.05, 3.63) is 63.3 Å². The third kappa shape index (κ3) is 5.67. The molecule has 1 aromatic carbocycles. The van der Waals surface area contributed by atoms with Gasteiger partial charge in [0.25, 0.3) is 0 Å². The molecule has 0 spiro atoms. The van der Waals surface area contributed by atoms with Gasteiger partial charge in [-0.3, -0.25) is 9.59 Å². The fourth-order valence-corrected chi connectivity index (χ4v) is 4.68. The number of ether oxygens (including phenoxy) is 2. The highest BCUT2D eigenvalue weighted by atomic mass is 35.5. The maximum Gasteiger partial charge on any atom is 0.249 e. The molecule has 1 atom stereocenters. The van der Waals surface area contributed by atoms with Crippen molar-refractivity contribution in [1.29, 1.82) is 0 Å². The minimum Gasteiger partial charge on any atom is -0.491 e. The standard InChI is InChI=1S/C23H27ClN2O4S/c1-4-9-25(23(28)15-29-3)13-22(27)26-10-7-21-18(8-11-31-21)20(26)14-30-17-5-6-19(24)16(2)12-17/h4-6,8,11-12,20H,1,7,9-10,13-15H2,2-3H3/t20-/m1/s1. The maximum atomic E-state index is 13.2. The van der Waals surface area contributed by atoms with Gasteiger partial charge in [0.05, 0.1) is 6.04 Å². The van der Waals surface area contributed by atoms with Crippen LogP contribution in [0.4, 0.5) is 0 Å². The largest absolute Gasteiger partial charge is 0.491 e. The van der Waals surface area contributed by atoms with Crippen LogP contribution in [0.15, 0.2) is 42.3 Å². The summed E-state index contributed by atoms with van der Waals surface area (Å²) < 4.78 is 11.0. The Morgan fingerprint density at radius 3 is 2.90 bits per heavy atom. The van der Waals surface area contributed by atoms with Crippen LogP contribution in [0.3, 0.4) is 0 Å². The predicted molar refractivity (Wildman–Crippen MR) is 123 cm³/mol. The zero-order chi connectivity index (χ0) is 22.4. The number of carbonyl (C=O) groups excluding carboxylic acids is 2. The van der Waals surface area contributed by atoms with Gasteiger partial charge in [0.15, 0.2) is 0 Å². The average molecular weight is 463 g/mol. The Hall–Kier alpha value is -2.35. The quantitative estimate of drug-likeness (QED) is 0.531. The molecule has 0 aliphatic carbocycles. The molecule has 0 bridgehead atoms. The van der Waals surface area contributed by atoms with Crippen LogP contribution < -0.4 is 4.74 Å². The van der Waals surface area contributed by atoms with Crippen molar-refractivity contribution >= 4 is 34.8 Å². The lowest BCUT2D eigenvalue weighted by Gasteiger charge is -2.37. The van der Waals surface area contributed by atoms with Crippen LogP contribution in [-0.2, 0) is 20.7 Å². The number of fused-ring (bicyclic) bond motifs is 1. The lowest BCUT2D eigenvalue weighted by molar-refractivity contribution is -0.144. The number of aryl methyl sites for hydroxylation is 1. The Bertz CT molecular complexity index is 945. The van der Waals surface area contributed by atoms with Crippen LogP contribution in [0.2, 0.25) is 5.02 Å². The van der Waals surface area contributed by atoms with E-state index in [0.717, 1.165) is 17.5 Å². The van der Waals surface area contributed by atoms with Gasteiger partial charge in [-0.05, 0) is 54.1 Å². The van der Waals surface area contributed by atoms with Crippen LogP contribution in [0.25, 0.3) is 0 Å². The van der Waals surface area contributed by atoms with Crippen LogP contribution in [-0.4, -0.2) is 61.6 Å². The van der Waals surface area contributed by atoms with Gasteiger partial charge in [0, 0.05) is 30.1 Å². The maximum absolute atomic E-state index is 13.2. The monoisotopic (exact) mass is 462 g/mol. The van der Waals surface area contributed by atoms with E-state index >= 15 is 0 Å². The number of rotatable bonds is 9. The molecule has 6 nitrogen and oxygen atoms in total. The number of methoxy groups -OCH3 is 1. The van der Waals surface area contributed by atoms with Crippen molar-refractivity contribution in [2.45, 2.75) is 19.4 Å². The van der Waals surface area contributed by atoms with E-state index < -0.39 is 0 Å². The second kappa shape index (κ2) is 10.8. The van der Waals surface area contributed by atoms with Crippen molar-refractivity contribution in [1.82, 2.24) is 9.80 Å². The van der Waals surface area contributed by atoms with Crippen LogP contribution in [0, 0.1) is 6.92 Å². The van der Waals surface area contributed by atoms with Gasteiger partial charge in [-0.2, -0.15) is 0 Å². The first-order valence-corrected chi connectivity index (χ1v) is 11.3. The summed E-state index contributed by atoms with van der Waals surface area (Å²) in [5, 5.41) is 2.73. The molecular weight excluding hydrogens is 436 g/mol. The Morgan fingerprint density at radius 1 is 1.39 bits per heavy atom. The van der Waals surface area contributed by atoms with Gasteiger partial charge < -0.3 is 19.3 Å². The summed E-state index contributed by atoms with van der Waals surface area (Å²) in [6.07, 6.45) is 2.40. The van der Waals surface area contributed by atoms with Crippen LogP contribution >= 0.6 is 22.9 Å². The highest BCUT2D eigenvalue weighted by Crippen LogP contribution is 2.34. The second-order valence-electron chi connectivity index (χ2n) is 7.37. The third-order valence-corrected chi connectivity index (χ3v) is 6.67. The predicted octanol–water partition coefficient (Wildman–Crippen LogP) is 3.88. The smallest absolute Gasteiger partial charge is 0.249 e. The zero-order valence-electron chi connectivity index (χ0n) is 17.8. The van der Waals surface area contributed by atoms with Crippen LogP contribution in [0.5, 0.6) is 5.75 Å². The van der Waals surface area contributed by atoms with Crippen molar-refractivity contribution in [3.8, 4) is 5.75 Å². The highest BCUT2D eigenvalue weighted by Gasteiger charge is 2.33. The van der Waals surface area contributed by atoms with E-state index in [1.807, 2.05) is 29.3 Å². The molecule has 0 N–H and O–H groups in total. The summed E-state index contributed by atoms with van der Waals surface area (Å²) in [5.74, 6) is 0.345. The Kier molecular flexibility index (Phi) is 8.12. The third-order valence-electron chi connectivity index (χ3n) is 5.25. The summed E-state index contributed by atoms with van der Waals surface area (Å²) in [7, 11) is 1.46. The lowest BCUT2D eigenvalue weighted by Crippen LogP contribution is -2.48. The normalized spacial score (nSPS) is 15.3. The number of benzene rings is 1. The molecule has 0 saturated heterocycles. The van der Waals surface area contributed by atoms with Gasteiger partial charge in [-0.15, -0.1) is 17.9 Å². The number of amides is 2. The minimum absolute atomic E-state index is 0.0236. The summed E-state index contributed by atoms with van der Waals surface area (Å²) >= 11 is 7.81. The molecule has 3 rings (SSSR count). The van der Waals surface area contributed by atoms with E-state index in [1.165, 1.54) is 16.9 Å². The first-order valence-electron chi connectivity index (χ1n) is 10.1.